The number of rotatable bonds is 4. The number of fused-ring (bicyclic) bond motifs is 1. The van der Waals surface area contributed by atoms with Crippen LogP contribution in [0.5, 0.6) is 0 Å². The normalized spacial score (nSPS) is 16.3. The van der Waals surface area contributed by atoms with Gasteiger partial charge in [0.25, 0.3) is 0 Å². The Hall–Kier alpha value is -2.13. The molecule has 0 radical (unpaired) electrons. The quantitative estimate of drug-likeness (QED) is 0.744. The summed E-state index contributed by atoms with van der Waals surface area (Å²) in [6, 6.07) is 0.520. The minimum atomic E-state index is 0.520. The summed E-state index contributed by atoms with van der Waals surface area (Å²) in [7, 11) is 0. The third kappa shape index (κ3) is 2.89. The average molecular weight is 330 g/mol. The van der Waals surface area contributed by atoms with E-state index in [9.17, 15) is 0 Å². The van der Waals surface area contributed by atoms with Gasteiger partial charge in [0.1, 0.15) is 11.8 Å². The second-order valence-electron chi connectivity index (χ2n) is 5.72. The lowest BCUT2D eigenvalue weighted by atomic mass is 10.0. The van der Waals surface area contributed by atoms with Crippen molar-refractivity contribution in [3.8, 4) is 0 Å². The molecule has 9 heteroatoms. The molecule has 3 aromatic heterocycles. The topological polar surface area (TPSA) is 95.5 Å². The highest BCUT2D eigenvalue weighted by molar-refractivity contribution is 7.05. The van der Waals surface area contributed by atoms with Gasteiger partial charge in [-0.1, -0.05) is 4.49 Å². The molecule has 0 amide bonds. The van der Waals surface area contributed by atoms with Crippen LogP contribution in [0.1, 0.15) is 23.4 Å². The second-order valence-corrected chi connectivity index (χ2v) is 6.56. The van der Waals surface area contributed by atoms with Crippen LogP contribution >= 0.6 is 11.5 Å². The minimum Gasteiger partial charge on any atom is -0.355 e. The molecule has 0 saturated carbocycles. The van der Waals surface area contributed by atoms with Crippen molar-refractivity contribution in [3.05, 3.63) is 23.2 Å². The third-order valence-electron chi connectivity index (χ3n) is 4.29. The molecular formula is C14H18N8S. The Morgan fingerprint density at radius 2 is 2.17 bits per heavy atom. The van der Waals surface area contributed by atoms with Crippen molar-refractivity contribution in [1.29, 1.82) is 0 Å². The lowest BCUT2D eigenvalue weighted by Gasteiger charge is -2.33. The molecule has 0 aromatic carbocycles. The van der Waals surface area contributed by atoms with Crippen LogP contribution in [0.15, 0.2) is 12.7 Å². The van der Waals surface area contributed by atoms with Gasteiger partial charge in [-0.25, -0.2) is 15.0 Å². The van der Waals surface area contributed by atoms with E-state index < -0.39 is 0 Å². The Bertz CT molecular complexity index is 789. The van der Waals surface area contributed by atoms with Crippen molar-refractivity contribution in [2.24, 2.45) is 0 Å². The maximum absolute atomic E-state index is 4.43. The van der Waals surface area contributed by atoms with Crippen molar-refractivity contribution < 1.29 is 0 Å². The molecule has 0 atom stereocenters. The Labute approximate surface area is 137 Å². The van der Waals surface area contributed by atoms with Gasteiger partial charge in [0.2, 0.25) is 0 Å². The predicted molar refractivity (Wildman–Crippen MR) is 88.4 cm³/mol. The van der Waals surface area contributed by atoms with E-state index in [0.717, 1.165) is 55.2 Å². The smallest absolute Gasteiger partial charge is 0.182 e. The van der Waals surface area contributed by atoms with E-state index in [0.29, 0.717) is 6.04 Å². The summed E-state index contributed by atoms with van der Waals surface area (Å²) in [5, 5.41) is 7.67. The summed E-state index contributed by atoms with van der Waals surface area (Å²) < 4.78 is 3.98. The molecule has 1 fully saturated rings. The Morgan fingerprint density at radius 3 is 2.96 bits per heavy atom. The van der Waals surface area contributed by atoms with E-state index in [2.05, 4.69) is 39.7 Å². The predicted octanol–water partition coefficient (Wildman–Crippen LogP) is 1.27. The SMILES string of the molecule is Cc1nnsc1CNC1CCN(c2ncnc3nc[nH]c23)CC1. The molecule has 1 aliphatic rings. The molecule has 1 saturated heterocycles. The molecule has 4 heterocycles. The van der Waals surface area contributed by atoms with Crippen LogP contribution in [-0.2, 0) is 6.54 Å². The van der Waals surface area contributed by atoms with E-state index in [-0.39, 0.29) is 0 Å². The van der Waals surface area contributed by atoms with Crippen molar-refractivity contribution in [1.82, 2.24) is 34.8 Å². The lowest BCUT2D eigenvalue weighted by molar-refractivity contribution is 0.414. The lowest BCUT2D eigenvalue weighted by Crippen LogP contribution is -2.42. The average Bonchev–Trinajstić information content (AvgIpc) is 3.22. The number of anilines is 1. The van der Waals surface area contributed by atoms with Gasteiger partial charge in [-0.15, -0.1) is 5.10 Å². The van der Waals surface area contributed by atoms with Crippen LogP contribution in [-0.4, -0.2) is 48.7 Å². The largest absolute Gasteiger partial charge is 0.355 e. The molecule has 1 aliphatic heterocycles. The van der Waals surface area contributed by atoms with E-state index in [1.54, 1.807) is 12.7 Å². The van der Waals surface area contributed by atoms with Gasteiger partial charge in [-0.2, -0.15) is 0 Å². The molecule has 4 rings (SSSR count). The van der Waals surface area contributed by atoms with Gasteiger partial charge in [0.15, 0.2) is 11.5 Å². The highest BCUT2D eigenvalue weighted by atomic mass is 32.1. The maximum atomic E-state index is 4.43. The number of piperidine rings is 1. The maximum Gasteiger partial charge on any atom is 0.182 e. The molecule has 120 valence electrons. The van der Waals surface area contributed by atoms with Crippen molar-refractivity contribution in [2.75, 3.05) is 18.0 Å². The van der Waals surface area contributed by atoms with Gasteiger partial charge in [0, 0.05) is 25.7 Å². The first-order chi connectivity index (χ1) is 11.3. The van der Waals surface area contributed by atoms with E-state index in [1.165, 1.54) is 16.4 Å². The summed E-state index contributed by atoms with van der Waals surface area (Å²) in [4.78, 5) is 19.5. The highest BCUT2D eigenvalue weighted by Crippen LogP contribution is 2.23. The third-order valence-corrected chi connectivity index (χ3v) is 5.12. The Balaban J connectivity index is 1.37. The minimum absolute atomic E-state index is 0.520. The zero-order chi connectivity index (χ0) is 15.6. The fourth-order valence-corrected chi connectivity index (χ4v) is 3.52. The van der Waals surface area contributed by atoms with Crippen LogP contribution in [0, 0.1) is 6.92 Å². The summed E-state index contributed by atoms with van der Waals surface area (Å²) >= 11 is 1.48. The molecule has 0 unspecified atom stereocenters. The van der Waals surface area contributed by atoms with Crippen LogP contribution in [0.3, 0.4) is 0 Å². The van der Waals surface area contributed by atoms with Gasteiger partial charge >= 0.3 is 0 Å². The summed E-state index contributed by atoms with van der Waals surface area (Å²) in [6.07, 6.45) is 5.43. The van der Waals surface area contributed by atoms with Crippen molar-refractivity contribution in [2.45, 2.75) is 32.4 Å². The number of aryl methyl sites for hydroxylation is 1. The van der Waals surface area contributed by atoms with Gasteiger partial charge in [-0.3, -0.25) is 0 Å². The molecular weight excluding hydrogens is 312 g/mol. The Kier molecular flexibility index (Phi) is 3.88. The zero-order valence-electron chi connectivity index (χ0n) is 12.9. The van der Waals surface area contributed by atoms with Crippen LogP contribution in [0.4, 0.5) is 5.82 Å². The van der Waals surface area contributed by atoms with Gasteiger partial charge < -0.3 is 15.2 Å². The number of hydrogen-bond donors (Lipinski definition) is 2. The highest BCUT2D eigenvalue weighted by Gasteiger charge is 2.22. The summed E-state index contributed by atoms with van der Waals surface area (Å²) in [6.45, 7) is 4.81. The van der Waals surface area contributed by atoms with Crippen LogP contribution in [0.25, 0.3) is 11.2 Å². The number of imidazole rings is 1. The zero-order valence-corrected chi connectivity index (χ0v) is 13.7. The van der Waals surface area contributed by atoms with E-state index in [4.69, 9.17) is 0 Å². The number of aromatic nitrogens is 6. The first-order valence-electron chi connectivity index (χ1n) is 7.71. The number of aromatic amines is 1. The summed E-state index contributed by atoms with van der Waals surface area (Å²) in [5.41, 5.74) is 2.68. The van der Waals surface area contributed by atoms with Crippen LogP contribution < -0.4 is 10.2 Å². The first-order valence-corrected chi connectivity index (χ1v) is 8.49. The first kappa shape index (κ1) is 14.5. The standard InChI is InChI=1S/C14H18N8S/c1-9-11(23-21-20-9)6-15-10-2-4-22(5-3-10)14-12-13(17-7-16-12)18-8-19-14/h7-8,10,15H,2-6H2,1H3,(H,16,17,18,19). The molecule has 0 bridgehead atoms. The van der Waals surface area contributed by atoms with Crippen LogP contribution in [0.2, 0.25) is 0 Å². The fourth-order valence-electron chi connectivity index (χ4n) is 2.94. The molecule has 3 aromatic rings. The number of nitrogens with zero attached hydrogens (tertiary/aromatic N) is 6. The second kappa shape index (κ2) is 6.17. The number of hydrogen-bond acceptors (Lipinski definition) is 8. The Morgan fingerprint density at radius 1 is 1.30 bits per heavy atom. The van der Waals surface area contributed by atoms with E-state index in [1.807, 2.05) is 6.92 Å². The fraction of sp³-hybridized carbons (Fsp3) is 0.500. The molecule has 0 spiro atoms. The monoisotopic (exact) mass is 330 g/mol. The van der Waals surface area contributed by atoms with Crippen molar-refractivity contribution >= 4 is 28.5 Å². The summed E-state index contributed by atoms with van der Waals surface area (Å²) in [5.74, 6) is 0.952. The molecule has 8 nitrogen and oxygen atoms in total. The van der Waals surface area contributed by atoms with Gasteiger partial charge in [-0.05, 0) is 31.3 Å². The van der Waals surface area contributed by atoms with Crippen molar-refractivity contribution in [3.63, 3.8) is 0 Å². The number of H-pyrrole nitrogens is 1. The van der Waals surface area contributed by atoms with E-state index >= 15 is 0 Å². The molecule has 23 heavy (non-hydrogen) atoms. The number of nitrogens with one attached hydrogen (secondary N) is 2. The molecule has 2 N–H and O–H groups in total. The molecule has 0 aliphatic carbocycles. The van der Waals surface area contributed by atoms with Gasteiger partial charge in [0.05, 0.1) is 16.9 Å².